The first-order valence-corrected chi connectivity index (χ1v) is 3.46. The molecule has 2 atom stereocenters. The van der Waals surface area contributed by atoms with Gasteiger partial charge >= 0.3 is 0 Å². The Hall–Kier alpha value is -0.830. The highest BCUT2D eigenvalue weighted by Crippen LogP contribution is 2.05. The van der Waals surface area contributed by atoms with E-state index in [9.17, 15) is 0 Å². The van der Waals surface area contributed by atoms with Crippen LogP contribution in [0.25, 0.3) is 0 Å². The molecule has 0 fully saturated rings. The summed E-state index contributed by atoms with van der Waals surface area (Å²) in [5, 5.41) is 4.07. The van der Waals surface area contributed by atoms with Crippen molar-refractivity contribution in [2.75, 3.05) is 0 Å². The molecule has 3 heteroatoms. The molecule has 2 N–H and O–H groups in total. The van der Waals surface area contributed by atoms with Gasteiger partial charge in [0, 0.05) is 18.4 Å². The predicted molar refractivity (Wildman–Crippen MR) is 40.6 cm³/mol. The molecule has 0 radical (unpaired) electrons. The molecule has 0 aromatic carbocycles. The molecule has 56 valence electrons. The van der Waals surface area contributed by atoms with Crippen LogP contribution >= 0.6 is 0 Å². The fraction of sp³-hybridized carbons (Fsp3) is 0.571. The molecule has 0 saturated heterocycles. The van der Waals surface area contributed by atoms with Crippen molar-refractivity contribution in [2.24, 2.45) is 5.73 Å². The van der Waals surface area contributed by atoms with Crippen molar-refractivity contribution < 1.29 is 0 Å². The summed E-state index contributed by atoms with van der Waals surface area (Å²) in [6.07, 6.45) is 3.69. The molecule has 3 nitrogen and oxygen atoms in total. The fourth-order valence-electron chi connectivity index (χ4n) is 0.762. The summed E-state index contributed by atoms with van der Waals surface area (Å²) >= 11 is 0. The minimum absolute atomic E-state index is 0.153. The largest absolute Gasteiger partial charge is 0.326 e. The molecule has 2 unspecified atom stereocenters. The molecule has 0 amide bonds. The van der Waals surface area contributed by atoms with Gasteiger partial charge in [-0.1, -0.05) is 0 Å². The molecule has 0 spiro atoms. The van der Waals surface area contributed by atoms with Gasteiger partial charge in [0.2, 0.25) is 0 Å². The number of hydrogen-bond donors (Lipinski definition) is 1. The Bertz CT molecular complexity index is 179. The molecule has 0 aliphatic carbocycles. The lowest BCUT2D eigenvalue weighted by Gasteiger charge is -2.15. The lowest BCUT2D eigenvalue weighted by atomic mass is 10.2. The van der Waals surface area contributed by atoms with Gasteiger partial charge in [-0.3, -0.25) is 4.68 Å². The maximum Gasteiger partial charge on any atom is 0.0639 e. The van der Waals surface area contributed by atoms with Crippen molar-refractivity contribution >= 4 is 0 Å². The van der Waals surface area contributed by atoms with Gasteiger partial charge in [0.05, 0.1) is 6.04 Å². The van der Waals surface area contributed by atoms with Crippen molar-refractivity contribution in [3.63, 3.8) is 0 Å². The summed E-state index contributed by atoms with van der Waals surface area (Å²) in [7, 11) is 0. The minimum Gasteiger partial charge on any atom is -0.326 e. The van der Waals surface area contributed by atoms with Crippen molar-refractivity contribution in [2.45, 2.75) is 25.9 Å². The van der Waals surface area contributed by atoms with Gasteiger partial charge in [-0.05, 0) is 19.9 Å². The second kappa shape index (κ2) is 2.84. The lowest BCUT2D eigenvalue weighted by Crippen LogP contribution is -2.27. The molecule has 0 aliphatic heterocycles. The van der Waals surface area contributed by atoms with Gasteiger partial charge in [-0.15, -0.1) is 0 Å². The smallest absolute Gasteiger partial charge is 0.0639 e. The van der Waals surface area contributed by atoms with Crippen molar-refractivity contribution in [3.8, 4) is 0 Å². The monoisotopic (exact) mass is 139 g/mol. The predicted octanol–water partition coefficient (Wildman–Crippen LogP) is 0.791. The molecule has 1 aromatic heterocycles. The van der Waals surface area contributed by atoms with Gasteiger partial charge in [0.1, 0.15) is 0 Å². The standard InChI is InChI=1S/C7H13N3/c1-6(8)7(2)10-5-3-4-9-10/h3-7H,8H2,1-2H3. The number of nitrogens with zero attached hydrogens (tertiary/aromatic N) is 2. The van der Waals surface area contributed by atoms with Crippen LogP contribution in [-0.4, -0.2) is 15.8 Å². The Morgan fingerprint density at radius 3 is 2.60 bits per heavy atom. The molecule has 10 heavy (non-hydrogen) atoms. The molecule has 1 rings (SSSR count). The van der Waals surface area contributed by atoms with Gasteiger partial charge in [-0.2, -0.15) is 5.10 Å². The van der Waals surface area contributed by atoms with Crippen LogP contribution in [0.4, 0.5) is 0 Å². The normalized spacial score (nSPS) is 16.7. The SMILES string of the molecule is CC(N)C(C)n1cccn1. The zero-order valence-corrected chi connectivity index (χ0v) is 6.36. The number of aromatic nitrogens is 2. The minimum atomic E-state index is 0.153. The van der Waals surface area contributed by atoms with Crippen LogP contribution in [0.2, 0.25) is 0 Å². The average Bonchev–Trinajstić information content (AvgIpc) is 2.36. The van der Waals surface area contributed by atoms with Crippen LogP contribution in [0, 0.1) is 0 Å². The second-order valence-corrected chi connectivity index (χ2v) is 2.59. The number of nitrogens with two attached hydrogens (primary N) is 1. The number of rotatable bonds is 2. The Morgan fingerprint density at radius 1 is 1.50 bits per heavy atom. The van der Waals surface area contributed by atoms with E-state index in [0.29, 0.717) is 0 Å². The summed E-state index contributed by atoms with van der Waals surface area (Å²) < 4.78 is 1.87. The van der Waals surface area contributed by atoms with Crippen LogP contribution < -0.4 is 5.73 Å². The molecular weight excluding hydrogens is 126 g/mol. The van der Waals surface area contributed by atoms with Crippen LogP contribution in [0.1, 0.15) is 19.9 Å². The first kappa shape index (κ1) is 7.28. The van der Waals surface area contributed by atoms with E-state index in [1.807, 2.05) is 23.9 Å². The van der Waals surface area contributed by atoms with Crippen LogP contribution in [0.5, 0.6) is 0 Å². The maximum atomic E-state index is 5.67. The van der Waals surface area contributed by atoms with Gasteiger partial charge in [0.25, 0.3) is 0 Å². The highest BCUT2D eigenvalue weighted by molar-refractivity contribution is 4.82. The molecular formula is C7H13N3. The van der Waals surface area contributed by atoms with Crippen molar-refractivity contribution in [1.82, 2.24) is 9.78 Å². The first-order valence-electron chi connectivity index (χ1n) is 3.46. The topological polar surface area (TPSA) is 43.8 Å². The van der Waals surface area contributed by atoms with Gasteiger partial charge in [0.15, 0.2) is 0 Å². The van der Waals surface area contributed by atoms with Crippen LogP contribution in [0.15, 0.2) is 18.5 Å². The van der Waals surface area contributed by atoms with E-state index < -0.39 is 0 Å². The molecule has 1 aromatic rings. The molecule has 1 heterocycles. The summed E-state index contributed by atoms with van der Waals surface area (Å²) in [4.78, 5) is 0. The Labute approximate surface area is 60.8 Å². The van der Waals surface area contributed by atoms with E-state index >= 15 is 0 Å². The summed E-state index contributed by atoms with van der Waals surface area (Å²) in [6.45, 7) is 4.03. The van der Waals surface area contributed by atoms with E-state index in [1.54, 1.807) is 6.20 Å². The highest BCUT2D eigenvalue weighted by Gasteiger charge is 2.07. The molecule has 0 saturated carbocycles. The Kier molecular flexibility index (Phi) is 2.06. The summed E-state index contributed by atoms with van der Waals surface area (Å²) in [5.74, 6) is 0. The van der Waals surface area contributed by atoms with Crippen molar-refractivity contribution in [1.29, 1.82) is 0 Å². The van der Waals surface area contributed by atoms with Crippen LogP contribution in [0.3, 0.4) is 0 Å². The fourth-order valence-corrected chi connectivity index (χ4v) is 0.762. The van der Waals surface area contributed by atoms with E-state index in [2.05, 4.69) is 12.0 Å². The van der Waals surface area contributed by atoms with E-state index in [4.69, 9.17) is 5.73 Å². The van der Waals surface area contributed by atoms with Crippen LogP contribution in [-0.2, 0) is 0 Å². The van der Waals surface area contributed by atoms with Gasteiger partial charge < -0.3 is 5.73 Å². The first-order chi connectivity index (χ1) is 4.72. The zero-order chi connectivity index (χ0) is 7.56. The second-order valence-electron chi connectivity index (χ2n) is 2.59. The third kappa shape index (κ3) is 1.36. The quantitative estimate of drug-likeness (QED) is 0.658. The maximum absolute atomic E-state index is 5.67. The summed E-state index contributed by atoms with van der Waals surface area (Å²) in [6, 6.07) is 2.34. The Morgan fingerprint density at radius 2 is 2.20 bits per heavy atom. The van der Waals surface area contributed by atoms with Crippen molar-refractivity contribution in [3.05, 3.63) is 18.5 Å². The summed E-state index contributed by atoms with van der Waals surface area (Å²) in [5.41, 5.74) is 5.67. The lowest BCUT2D eigenvalue weighted by molar-refractivity contribution is 0.425. The third-order valence-electron chi connectivity index (χ3n) is 1.70. The van der Waals surface area contributed by atoms with E-state index in [0.717, 1.165) is 0 Å². The van der Waals surface area contributed by atoms with E-state index in [1.165, 1.54) is 0 Å². The van der Waals surface area contributed by atoms with Gasteiger partial charge in [-0.25, -0.2) is 0 Å². The average molecular weight is 139 g/mol. The molecule has 0 aliphatic rings. The highest BCUT2D eigenvalue weighted by atomic mass is 15.3. The third-order valence-corrected chi connectivity index (χ3v) is 1.70. The Balaban J connectivity index is 2.68. The number of hydrogen-bond acceptors (Lipinski definition) is 2. The van der Waals surface area contributed by atoms with E-state index in [-0.39, 0.29) is 12.1 Å². The molecule has 0 bridgehead atoms. The zero-order valence-electron chi connectivity index (χ0n) is 6.36.